The van der Waals surface area contributed by atoms with Gasteiger partial charge in [0.1, 0.15) is 0 Å². The molecule has 0 fully saturated rings. The Kier molecular flexibility index (Phi) is 16.7. The van der Waals surface area contributed by atoms with Gasteiger partial charge in [0.15, 0.2) is 11.1 Å². The molecule has 1 atom stereocenters. The predicted molar refractivity (Wildman–Crippen MR) is 97.5 cm³/mol. The summed E-state index contributed by atoms with van der Waals surface area (Å²) in [6.07, 6.45) is 12.8. The van der Waals surface area contributed by atoms with Crippen LogP contribution in [0.4, 0.5) is 0 Å². The van der Waals surface area contributed by atoms with Gasteiger partial charge in [-0.1, -0.05) is 51.5 Å². The normalized spacial score (nSPS) is 12.3. The molecular formula is C17H36N2O2S. The van der Waals surface area contributed by atoms with Crippen molar-refractivity contribution < 1.29 is 8.76 Å². The molecule has 4 nitrogen and oxygen atoms in total. The van der Waals surface area contributed by atoms with E-state index in [9.17, 15) is 4.21 Å². The highest BCUT2D eigenvalue weighted by molar-refractivity contribution is 7.79. The molecule has 0 aliphatic heterocycles. The fourth-order valence-corrected chi connectivity index (χ4v) is 2.77. The molecule has 22 heavy (non-hydrogen) atoms. The number of hydrogen-bond donors (Lipinski definition) is 3. The van der Waals surface area contributed by atoms with Crippen molar-refractivity contribution in [2.75, 3.05) is 25.4 Å². The van der Waals surface area contributed by atoms with Crippen LogP contribution in [0, 0.1) is 0 Å². The van der Waals surface area contributed by atoms with Crippen LogP contribution in [-0.4, -0.2) is 34.1 Å². The molecule has 0 radical (unpaired) electrons. The van der Waals surface area contributed by atoms with E-state index in [4.69, 9.17) is 4.55 Å². The van der Waals surface area contributed by atoms with E-state index in [1.165, 1.54) is 63.5 Å². The zero-order valence-corrected chi connectivity index (χ0v) is 15.2. The Morgan fingerprint density at radius 2 is 1.50 bits per heavy atom. The van der Waals surface area contributed by atoms with Crippen molar-refractivity contribution in [3.63, 3.8) is 0 Å². The van der Waals surface area contributed by atoms with Crippen molar-refractivity contribution in [2.45, 2.75) is 71.1 Å². The second-order valence-electron chi connectivity index (χ2n) is 5.84. The Bertz CT molecular complexity index is 286. The molecule has 0 bridgehead atoms. The number of hydrogen-bond acceptors (Lipinski definition) is 3. The van der Waals surface area contributed by atoms with Crippen molar-refractivity contribution in [1.82, 2.24) is 10.6 Å². The second-order valence-corrected chi connectivity index (χ2v) is 6.89. The van der Waals surface area contributed by atoms with E-state index in [0.717, 1.165) is 19.5 Å². The van der Waals surface area contributed by atoms with Crippen LogP contribution in [0.3, 0.4) is 0 Å². The van der Waals surface area contributed by atoms with Crippen molar-refractivity contribution in [3.8, 4) is 0 Å². The summed E-state index contributed by atoms with van der Waals surface area (Å²) in [5.41, 5.74) is 1.18. The fourth-order valence-electron chi connectivity index (χ4n) is 2.45. The van der Waals surface area contributed by atoms with Gasteiger partial charge in [-0.05, 0) is 32.7 Å². The second kappa shape index (κ2) is 17.0. The molecule has 0 aliphatic rings. The van der Waals surface area contributed by atoms with Crippen molar-refractivity contribution >= 4 is 11.1 Å². The first-order valence-corrected chi connectivity index (χ1v) is 10.1. The molecule has 0 rings (SSSR count). The van der Waals surface area contributed by atoms with Crippen molar-refractivity contribution in [2.24, 2.45) is 0 Å². The van der Waals surface area contributed by atoms with Gasteiger partial charge in [0, 0.05) is 18.8 Å². The Morgan fingerprint density at radius 1 is 0.955 bits per heavy atom. The molecule has 0 spiro atoms. The lowest BCUT2D eigenvalue weighted by Gasteiger charge is -2.07. The lowest BCUT2D eigenvalue weighted by atomic mass is 10.1. The zero-order valence-electron chi connectivity index (χ0n) is 14.4. The Balaban J connectivity index is 3.05. The van der Waals surface area contributed by atoms with Crippen molar-refractivity contribution in [1.29, 1.82) is 0 Å². The van der Waals surface area contributed by atoms with Crippen LogP contribution >= 0.6 is 0 Å². The molecule has 132 valence electrons. The highest BCUT2D eigenvalue weighted by Gasteiger charge is 1.96. The first kappa shape index (κ1) is 21.6. The summed E-state index contributed by atoms with van der Waals surface area (Å²) in [4.78, 5) is 0. The average molecular weight is 333 g/mol. The van der Waals surface area contributed by atoms with E-state index < -0.39 is 11.1 Å². The van der Waals surface area contributed by atoms with Gasteiger partial charge in [-0.2, -0.15) is 0 Å². The summed E-state index contributed by atoms with van der Waals surface area (Å²) in [5.74, 6) is 0.335. The number of allylic oxidation sites excluding steroid dienone is 1. The summed E-state index contributed by atoms with van der Waals surface area (Å²) >= 11 is -1.66. The molecule has 0 aromatic carbocycles. The van der Waals surface area contributed by atoms with Gasteiger partial charge in [-0.15, -0.1) is 0 Å². The largest absolute Gasteiger partial charge is 0.389 e. The van der Waals surface area contributed by atoms with Gasteiger partial charge in [-0.3, -0.25) is 0 Å². The van der Waals surface area contributed by atoms with Crippen LogP contribution in [0.1, 0.15) is 71.1 Å². The lowest BCUT2D eigenvalue weighted by Crippen LogP contribution is -2.21. The molecule has 0 aliphatic carbocycles. The minimum Gasteiger partial charge on any atom is -0.389 e. The zero-order chi connectivity index (χ0) is 16.5. The summed E-state index contributed by atoms with van der Waals surface area (Å²) < 4.78 is 19.0. The monoisotopic (exact) mass is 332 g/mol. The summed E-state index contributed by atoms with van der Waals surface area (Å²) in [5, 5.41) is 6.46. The standard InChI is InChI=1S/C17H36N2O2S/c1-3-19-17(2)13-11-9-7-5-4-6-8-10-12-14-18-15-16-22(20)21/h18-19H,2-16H2,1H3,(H,20,21). The predicted octanol–water partition coefficient (Wildman–Crippen LogP) is 3.82. The maximum Gasteiger partial charge on any atom is 0.154 e. The third-order valence-corrected chi connectivity index (χ3v) is 4.27. The van der Waals surface area contributed by atoms with Crippen LogP contribution in [-0.2, 0) is 11.1 Å². The van der Waals surface area contributed by atoms with Gasteiger partial charge >= 0.3 is 0 Å². The molecular weight excluding hydrogens is 296 g/mol. The van der Waals surface area contributed by atoms with Crippen LogP contribution in [0.2, 0.25) is 0 Å². The van der Waals surface area contributed by atoms with E-state index in [1.54, 1.807) is 0 Å². The highest BCUT2D eigenvalue weighted by Crippen LogP contribution is 2.11. The first-order valence-electron chi connectivity index (χ1n) is 8.86. The Labute approximate surface area is 139 Å². The van der Waals surface area contributed by atoms with E-state index in [0.29, 0.717) is 12.3 Å². The van der Waals surface area contributed by atoms with E-state index >= 15 is 0 Å². The van der Waals surface area contributed by atoms with Crippen LogP contribution < -0.4 is 10.6 Å². The molecule has 0 aromatic heterocycles. The minimum atomic E-state index is -1.66. The molecule has 3 N–H and O–H groups in total. The van der Waals surface area contributed by atoms with E-state index in [2.05, 4.69) is 24.1 Å². The Hall–Kier alpha value is -0.390. The molecule has 5 heteroatoms. The minimum absolute atomic E-state index is 0.335. The molecule has 0 heterocycles. The number of nitrogens with one attached hydrogen (secondary N) is 2. The van der Waals surface area contributed by atoms with Crippen LogP contribution in [0.25, 0.3) is 0 Å². The third-order valence-electron chi connectivity index (χ3n) is 3.71. The number of rotatable bonds is 17. The van der Waals surface area contributed by atoms with Crippen LogP contribution in [0.15, 0.2) is 12.3 Å². The smallest absolute Gasteiger partial charge is 0.154 e. The number of unbranched alkanes of at least 4 members (excludes halogenated alkanes) is 8. The van der Waals surface area contributed by atoms with Crippen molar-refractivity contribution in [3.05, 3.63) is 12.3 Å². The SMILES string of the molecule is C=C(CCCCCCCCCCCNCCS(=O)O)NCC. The van der Waals surface area contributed by atoms with Gasteiger partial charge in [0.2, 0.25) is 0 Å². The lowest BCUT2D eigenvalue weighted by molar-refractivity contribution is 0.541. The quantitative estimate of drug-likeness (QED) is 0.280. The maximum atomic E-state index is 10.4. The third kappa shape index (κ3) is 17.7. The maximum absolute atomic E-state index is 10.4. The highest BCUT2D eigenvalue weighted by atomic mass is 32.2. The molecule has 1 unspecified atom stereocenters. The van der Waals surface area contributed by atoms with Gasteiger partial charge in [0.25, 0.3) is 0 Å². The van der Waals surface area contributed by atoms with E-state index in [1.807, 2.05) is 0 Å². The molecule has 0 saturated heterocycles. The van der Waals surface area contributed by atoms with E-state index in [-0.39, 0.29) is 0 Å². The molecule has 0 saturated carbocycles. The summed E-state index contributed by atoms with van der Waals surface area (Å²) in [7, 11) is 0. The van der Waals surface area contributed by atoms with Crippen LogP contribution in [0.5, 0.6) is 0 Å². The Morgan fingerprint density at radius 3 is 2.05 bits per heavy atom. The first-order chi connectivity index (χ1) is 10.7. The topological polar surface area (TPSA) is 61.4 Å². The average Bonchev–Trinajstić information content (AvgIpc) is 2.47. The van der Waals surface area contributed by atoms with Gasteiger partial charge in [0.05, 0.1) is 5.75 Å². The van der Waals surface area contributed by atoms with Gasteiger partial charge in [-0.25, -0.2) is 4.21 Å². The summed E-state index contributed by atoms with van der Waals surface area (Å²) in [6, 6.07) is 0. The molecule has 0 amide bonds. The van der Waals surface area contributed by atoms with Gasteiger partial charge < -0.3 is 15.2 Å². The fraction of sp³-hybridized carbons (Fsp3) is 0.882. The molecule has 0 aromatic rings. The summed E-state index contributed by atoms with van der Waals surface area (Å²) in [6.45, 7) is 8.70.